The number of halogens is 1. The lowest BCUT2D eigenvalue weighted by molar-refractivity contribution is 0.0992. The first-order valence-electron chi connectivity index (χ1n) is 7.60. The lowest BCUT2D eigenvalue weighted by atomic mass is 10.1. The number of nitrogens with zero attached hydrogens (tertiary/aromatic N) is 2. The Morgan fingerprint density at radius 1 is 0.958 bits per heavy atom. The quantitative estimate of drug-likeness (QED) is 0.766. The van der Waals surface area contributed by atoms with Crippen LogP contribution in [-0.4, -0.2) is 10.9 Å². The highest BCUT2D eigenvalue weighted by Crippen LogP contribution is 2.38. The summed E-state index contributed by atoms with van der Waals surface area (Å²) in [5, 5.41) is 3.98. The SMILES string of the molecule is O=C1c2ccccc2[C@H](Nc2ccccc2Cl)N1c1ccccn1. The molecule has 5 heteroatoms. The van der Waals surface area contributed by atoms with Crippen LogP contribution in [0.4, 0.5) is 11.5 Å². The third-order valence-corrected chi connectivity index (χ3v) is 4.35. The Hall–Kier alpha value is -2.85. The summed E-state index contributed by atoms with van der Waals surface area (Å²) in [7, 11) is 0. The first-order valence-corrected chi connectivity index (χ1v) is 7.98. The smallest absolute Gasteiger partial charge is 0.261 e. The zero-order chi connectivity index (χ0) is 16.5. The summed E-state index contributed by atoms with van der Waals surface area (Å²) >= 11 is 6.28. The van der Waals surface area contributed by atoms with E-state index in [9.17, 15) is 4.79 Å². The summed E-state index contributed by atoms with van der Waals surface area (Å²) in [5.74, 6) is 0.525. The number of aromatic nitrogens is 1. The lowest BCUT2D eigenvalue weighted by Gasteiger charge is -2.26. The molecule has 2 aromatic carbocycles. The van der Waals surface area contributed by atoms with Crippen LogP contribution in [-0.2, 0) is 0 Å². The molecular weight excluding hydrogens is 322 g/mol. The van der Waals surface area contributed by atoms with E-state index < -0.39 is 0 Å². The number of anilines is 2. The maximum atomic E-state index is 12.9. The number of hydrogen-bond acceptors (Lipinski definition) is 3. The van der Waals surface area contributed by atoms with E-state index in [1.54, 1.807) is 11.1 Å². The number of pyridine rings is 1. The van der Waals surface area contributed by atoms with Gasteiger partial charge in [-0.2, -0.15) is 0 Å². The molecule has 24 heavy (non-hydrogen) atoms. The van der Waals surface area contributed by atoms with Crippen molar-refractivity contribution in [2.45, 2.75) is 6.17 Å². The van der Waals surface area contributed by atoms with E-state index >= 15 is 0 Å². The highest BCUT2D eigenvalue weighted by molar-refractivity contribution is 6.33. The number of fused-ring (bicyclic) bond motifs is 1. The van der Waals surface area contributed by atoms with E-state index in [0.717, 1.165) is 11.3 Å². The summed E-state index contributed by atoms with van der Waals surface area (Å²) < 4.78 is 0. The highest BCUT2D eigenvalue weighted by atomic mass is 35.5. The molecule has 1 aliphatic heterocycles. The van der Waals surface area contributed by atoms with Crippen LogP contribution < -0.4 is 10.2 Å². The molecule has 1 amide bonds. The van der Waals surface area contributed by atoms with Gasteiger partial charge in [0.25, 0.3) is 5.91 Å². The number of rotatable bonds is 3. The van der Waals surface area contributed by atoms with Crippen molar-refractivity contribution in [2.75, 3.05) is 10.2 Å². The molecule has 0 fully saturated rings. The zero-order valence-electron chi connectivity index (χ0n) is 12.7. The monoisotopic (exact) mass is 335 g/mol. The van der Waals surface area contributed by atoms with Gasteiger partial charge in [0, 0.05) is 17.3 Å². The van der Waals surface area contributed by atoms with Gasteiger partial charge in [-0.3, -0.25) is 9.69 Å². The number of carbonyl (C=O) groups is 1. The second-order valence-corrected chi connectivity index (χ2v) is 5.88. The molecule has 0 radical (unpaired) electrons. The number of amides is 1. The van der Waals surface area contributed by atoms with Gasteiger partial charge in [0.1, 0.15) is 12.0 Å². The van der Waals surface area contributed by atoms with Crippen molar-refractivity contribution in [1.29, 1.82) is 0 Å². The second kappa shape index (κ2) is 5.98. The lowest BCUT2D eigenvalue weighted by Crippen LogP contribution is -2.32. The molecule has 1 aliphatic rings. The summed E-state index contributed by atoms with van der Waals surface area (Å²) in [6.45, 7) is 0. The van der Waals surface area contributed by atoms with E-state index in [1.165, 1.54) is 0 Å². The topological polar surface area (TPSA) is 45.2 Å². The van der Waals surface area contributed by atoms with Crippen LogP contribution in [0.2, 0.25) is 5.02 Å². The van der Waals surface area contributed by atoms with Gasteiger partial charge in [-0.25, -0.2) is 4.98 Å². The van der Waals surface area contributed by atoms with Crippen LogP contribution >= 0.6 is 11.6 Å². The molecule has 1 aromatic heterocycles. The third kappa shape index (κ3) is 2.41. The Balaban J connectivity index is 1.81. The number of hydrogen-bond donors (Lipinski definition) is 1. The van der Waals surface area contributed by atoms with Crippen molar-refractivity contribution in [2.24, 2.45) is 0 Å². The van der Waals surface area contributed by atoms with Gasteiger partial charge in [0.05, 0.1) is 10.7 Å². The first kappa shape index (κ1) is 14.7. The van der Waals surface area contributed by atoms with Crippen LogP contribution in [0.5, 0.6) is 0 Å². The minimum absolute atomic E-state index is 0.0751. The fourth-order valence-electron chi connectivity index (χ4n) is 2.92. The maximum Gasteiger partial charge on any atom is 0.261 e. The normalized spacial score (nSPS) is 16.1. The van der Waals surface area contributed by atoms with E-state index in [0.29, 0.717) is 16.4 Å². The van der Waals surface area contributed by atoms with Crippen LogP contribution in [0.1, 0.15) is 22.1 Å². The third-order valence-electron chi connectivity index (χ3n) is 4.02. The van der Waals surface area contributed by atoms with Gasteiger partial charge in [0.2, 0.25) is 0 Å². The summed E-state index contributed by atoms with van der Waals surface area (Å²) in [6.07, 6.45) is 1.32. The first-order chi connectivity index (χ1) is 11.8. The molecule has 0 aliphatic carbocycles. The Kier molecular flexibility index (Phi) is 3.67. The van der Waals surface area contributed by atoms with Gasteiger partial charge in [-0.1, -0.05) is 48.0 Å². The molecule has 0 saturated carbocycles. The number of carbonyl (C=O) groups excluding carboxylic acids is 1. The molecule has 1 atom stereocenters. The van der Waals surface area contributed by atoms with Crippen molar-refractivity contribution in [3.05, 3.63) is 89.1 Å². The number of para-hydroxylation sites is 1. The van der Waals surface area contributed by atoms with Crippen molar-refractivity contribution >= 4 is 29.0 Å². The zero-order valence-corrected chi connectivity index (χ0v) is 13.4. The van der Waals surface area contributed by atoms with Gasteiger partial charge < -0.3 is 5.32 Å². The van der Waals surface area contributed by atoms with Gasteiger partial charge in [-0.05, 0) is 30.3 Å². The molecule has 2 heterocycles. The van der Waals surface area contributed by atoms with Crippen molar-refractivity contribution in [3.63, 3.8) is 0 Å². The van der Waals surface area contributed by atoms with E-state index in [2.05, 4.69) is 10.3 Å². The molecular formula is C19H14ClN3O. The molecule has 0 saturated heterocycles. The average molecular weight is 336 g/mol. The van der Waals surface area contributed by atoms with Crippen molar-refractivity contribution < 1.29 is 4.79 Å². The Bertz CT molecular complexity index is 898. The Morgan fingerprint density at radius 2 is 1.71 bits per heavy atom. The molecule has 4 rings (SSSR count). The maximum absolute atomic E-state index is 12.9. The summed E-state index contributed by atoms with van der Waals surface area (Å²) in [6, 6.07) is 20.6. The average Bonchev–Trinajstić information content (AvgIpc) is 2.90. The second-order valence-electron chi connectivity index (χ2n) is 5.48. The summed E-state index contributed by atoms with van der Waals surface area (Å²) in [5.41, 5.74) is 2.36. The summed E-state index contributed by atoms with van der Waals surface area (Å²) in [4.78, 5) is 18.9. The Morgan fingerprint density at radius 3 is 2.50 bits per heavy atom. The highest BCUT2D eigenvalue weighted by Gasteiger charge is 2.38. The fourth-order valence-corrected chi connectivity index (χ4v) is 3.11. The van der Waals surface area contributed by atoms with Crippen molar-refractivity contribution in [3.8, 4) is 0 Å². The minimum Gasteiger partial charge on any atom is -0.360 e. The molecule has 4 nitrogen and oxygen atoms in total. The number of benzene rings is 2. The van der Waals surface area contributed by atoms with Crippen LogP contribution in [0.15, 0.2) is 72.9 Å². The predicted octanol–water partition coefficient (Wildman–Crippen LogP) is 4.51. The molecule has 118 valence electrons. The van der Waals surface area contributed by atoms with Gasteiger partial charge in [0.15, 0.2) is 0 Å². The minimum atomic E-state index is -0.358. The molecule has 1 N–H and O–H groups in total. The molecule has 3 aromatic rings. The van der Waals surface area contributed by atoms with E-state index in [4.69, 9.17) is 11.6 Å². The van der Waals surface area contributed by atoms with E-state index in [1.807, 2.05) is 66.7 Å². The Labute approximate surface area is 144 Å². The van der Waals surface area contributed by atoms with Crippen LogP contribution in [0.25, 0.3) is 0 Å². The molecule has 0 unspecified atom stereocenters. The van der Waals surface area contributed by atoms with Gasteiger partial charge in [-0.15, -0.1) is 0 Å². The fraction of sp³-hybridized carbons (Fsp3) is 0.0526. The molecule has 0 spiro atoms. The standard InChI is InChI=1S/C19H14ClN3O/c20-15-9-3-4-10-16(15)22-18-13-7-1-2-8-14(13)19(24)23(18)17-11-5-6-12-21-17/h1-12,18,22H/t18-/m1/s1. The van der Waals surface area contributed by atoms with Crippen LogP contribution in [0, 0.1) is 0 Å². The number of nitrogens with one attached hydrogen (secondary N) is 1. The largest absolute Gasteiger partial charge is 0.360 e. The van der Waals surface area contributed by atoms with Crippen LogP contribution in [0.3, 0.4) is 0 Å². The molecule has 0 bridgehead atoms. The van der Waals surface area contributed by atoms with Gasteiger partial charge >= 0.3 is 0 Å². The predicted molar refractivity (Wildman–Crippen MR) is 95.3 cm³/mol. The van der Waals surface area contributed by atoms with E-state index in [-0.39, 0.29) is 12.1 Å². The van der Waals surface area contributed by atoms with Crippen molar-refractivity contribution in [1.82, 2.24) is 4.98 Å².